The number of hydrogen-bond acceptors (Lipinski definition) is 0. The van der Waals surface area contributed by atoms with Gasteiger partial charge in [0, 0.05) is 0 Å². The van der Waals surface area contributed by atoms with Gasteiger partial charge in [0.15, 0.2) is 0 Å². The van der Waals surface area contributed by atoms with Crippen LogP contribution in [0.15, 0.2) is 0 Å². The van der Waals surface area contributed by atoms with Crippen LogP contribution in [0.25, 0.3) is 0 Å². The lowest BCUT2D eigenvalue weighted by Crippen LogP contribution is -1.86. The van der Waals surface area contributed by atoms with Crippen molar-refractivity contribution >= 4 is 27.4 Å². The Balaban J connectivity index is 2.63. The minimum Gasteiger partial charge on any atom is -0.233 e. The van der Waals surface area contributed by atoms with Crippen LogP contribution < -0.4 is 0 Å². The molecular formula is C4H9AlBr. The van der Waals surface area contributed by atoms with Crippen molar-refractivity contribution in [1.29, 1.82) is 0 Å². The van der Waals surface area contributed by atoms with Gasteiger partial charge >= 0.3 is 13.4 Å². The summed E-state index contributed by atoms with van der Waals surface area (Å²) in [5.41, 5.74) is 0. The van der Waals surface area contributed by atoms with Gasteiger partial charge in [0.25, 0.3) is 0 Å². The maximum atomic E-state index is 3.43. The van der Waals surface area contributed by atoms with Crippen molar-refractivity contribution in [1.82, 2.24) is 0 Å². The van der Waals surface area contributed by atoms with Gasteiger partial charge in [-0.3, -0.25) is 0 Å². The first-order valence-corrected chi connectivity index (χ1v) is 6.19. The smallest absolute Gasteiger partial charge is 0.233 e. The molecule has 2 heteroatoms. The molecule has 0 aliphatic carbocycles. The van der Waals surface area contributed by atoms with E-state index < -0.39 is 0 Å². The van der Waals surface area contributed by atoms with Gasteiger partial charge in [-0.15, -0.1) is 0 Å². The molecule has 0 aromatic heterocycles. The molecule has 0 aromatic carbocycles. The Bertz CT molecular complexity index is 28.7. The fourth-order valence-corrected chi connectivity index (χ4v) is 2.78. The van der Waals surface area contributed by atoms with Crippen molar-refractivity contribution in [2.75, 3.05) is 0 Å². The highest BCUT2D eigenvalue weighted by Crippen LogP contribution is 1.99. The highest BCUT2D eigenvalue weighted by molar-refractivity contribution is 9.23. The molecule has 0 aliphatic rings. The van der Waals surface area contributed by atoms with E-state index >= 15 is 0 Å². The molecule has 6 heavy (non-hydrogen) atoms. The second-order valence-corrected chi connectivity index (χ2v) is 4.51. The highest BCUT2D eigenvalue weighted by Gasteiger charge is 1.90. The summed E-state index contributed by atoms with van der Waals surface area (Å²) in [7, 11) is 0. The molecule has 0 saturated heterocycles. The van der Waals surface area contributed by atoms with Gasteiger partial charge in [0.2, 0.25) is 0 Å². The normalized spacial score (nSPS) is 9.33. The first-order chi connectivity index (χ1) is 2.77. The van der Waals surface area contributed by atoms with E-state index in [4.69, 9.17) is 0 Å². The van der Waals surface area contributed by atoms with Crippen LogP contribution in [-0.4, -0.2) is 13.4 Å². The van der Waals surface area contributed by atoms with Crippen molar-refractivity contribution in [3.8, 4) is 0 Å². The molecule has 0 aromatic rings. The summed E-state index contributed by atoms with van der Waals surface area (Å²) in [6.45, 7) is 4.49. The molecule has 0 unspecified atom stereocenters. The standard InChI is InChI=1S/C4H9.Al.BrH/c1-4(2)3;;/h4H,1H2,2-3H3;;1H/q;+1;/p-1. The zero-order valence-electron chi connectivity index (χ0n) is 4.24. The molecule has 0 rings (SSSR count). The summed E-state index contributed by atoms with van der Waals surface area (Å²) < 4.78 is 0. The summed E-state index contributed by atoms with van der Waals surface area (Å²) >= 11 is 4.00. The van der Waals surface area contributed by atoms with Crippen LogP contribution in [0.3, 0.4) is 0 Å². The van der Waals surface area contributed by atoms with E-state index in [0.29, 0.717) is 13.4 Å². The van der Waals surface area contributed by atoms with E-state index in [2.05, 4.69) is 27.9 Å². The largest absolute Gasteiger partial charge is 0.317 e. The van der Waals surface area contributed by atoms with Gasteiger partial charge in [-0.05, 0) is 0 Å². The van der Waals surface area contributed by atoms with E-state index in [0.717, 1.165) is 5.92 Å². The maximum absolute atomic E-state index is 3.43. The Morgan fingerprint density at radius 2 is 2.17 bits per heavy atom. The lowest BCUT2D eigenvalue weighted by atomic mass is 10.3. The first-order valence-electron chi connectivity index (χ1n) is 2.19. The summed E-state index contributed by atoms with van der Waals surface area (Å²) in [5.74, 6) is 0.888. The molecule has 0 nitrogen and oxygen atoms in total. The zero-order chi connectivity index (χ0) is 4.99. The minimum atomic E-state index is 0.565. The summed E-state index contributed by atoms with van der Waals surface area (Å²) in [5, 5.41) is 1.38. The Labute approximate surface area is 52.7 Å². The van der Waals surface area contributed by atoms with Crippen molar-refractivity contribution in [2.45, 2.75) is 19.1 Å². The number of rotatable bonds is 2. The van der Waals surface area contributed by atoms with Gasteiger partial charge in [-0.2, -0.15) is 0 Å². The van der Waals surface area contributed by atoms with Gasteiger partial charge < -0.3 is 0 Å². The molecule has 0 amide bonds. The van der Waals surface area contributed by atoms with Gasteiger partial charge in [-0.1, -0.05) is 25.0 Å². The molecule has 1 radical (unpaired) electrons. The summed E-state index contributed by atoms with van der Waals surface area (Å²) in [6.07, 6.45) is 0. The first kappa shape index (κ1) is 7.01. The molecule has 0 heterocycles. The fourth-order valence-electron chi connectivity index (χ4n) is 0.178. The van der Waals surface area contributed by atoms with E-state index in [1.807, 2.05) is 0 Å². The molecule has 0 atom stereocenters. The molecule has 0 saturated carbocycles. The summed E-state index contributed by atoms with van der Waals surface area (Å²) in [4.78, 5) is 0. The minimum absolute atomic E-state index is 0.565. The second-order valence-electron chi connectivity index (χ2n) is 1.78. The predicted molar refractivity (Wildman–Crippen MR) is 34.3 cm³/mol. The predicted octanol–water partition coefficient (Wildman–Crippen LogP) is 2.07. The molecule has 35 valence electrons. The van der Waals surface area contributed by atoms with E-state index in [9.17, 15) is 0 Å². The molecule has 0 spiro atoms. The van der Waals surface area contributed by atoms with Crippen LogP contribution >= 0.6 is 14.1 Å². The van der Waals surface area contributed by atoms with Crippen LogP contribution in [0.4, 0.5) is 0 Å². The van der Waals surface area contributed by atoms with Gasteiger partial charge in [-0.25, -0.2) is 14.1 Å². The average molecular weight is 164 g/mol. The van der Waals surface area contributed by atoms with Crippen LogP contribution in [0.2, 0.25) is 5.28 Å². The molecule has 0 bridgehead atoms. The quantitative estimate of drug-likeness (QED) is 0.548. The van der Waals surface area contributed by atoms with Crippen LogP contribution in [0, 0.1) is 5.92 Å². The van der Waals surface area contributed by atoms with Crippen molar-refractivity contribution < 1.29 is 0 Å². The third-order valence-corrected chi connectivity index (χ3v) is 2.80. The third kappa shape index (κ3) is 5.01. The number of halogens is 1. The van der Waals surface area contributed by atoms with E-state index in [-0.39, 0.29) is 0 Å². The lowest BCUT2D eigenvalue weighted by Gasteiger charge is -1.93. The van der Waals surface area contributed by atoms with Crippen LogP contribution in [0.1, 0.15) is 13.8 Å². The molecule has 0 aliphatic heterocycles. The Morgan fingerprint density at radius 1 is 1.67 bits per heavy atom. The third-order valence-electron chi connectivity index (χ3n) is 0.560. The molecule has 0 fully saturated rings. The monoisotopic (exact) mass is 163 g/mol. The van der Waals surface area contributed by atoms with E-state index in [1.54, 1.807) is 0 Å². The van der Waals surface area contributed by atoms with Crippen molar-refractivity contribution in [3.05, 3.63) is 0 Å². The van der Waals surface area contributed by atoms with Gasteiger partial charge in [0.1, 0.15) is 0 Å². The van der Waals surface area contributed by atoms with E-state index in [1.165, 1.54) is 5.28 Å². The number of hydrogen-bond donors (Lipinski definition) is 0. The van der Waals surface area contributed by atoms with Crippen molar-refractivity contribution in [3.63, 3.8) is 0 Å². The molecule has 0 N–H and O–H groups in total. The topological polar surface area (TPSA) is 0 Å². The average Bonchev–Trinajstić information content (AvgIpc) is 1.35. The Kier molecular flexibility index (Phi) is 4.88. The fraction of sp³-hybridized carbons (Fsp3) is 1.00. The van der Waals surface area contributed by atoms with Crippen LogP contribution in [-0.2, 0) is 0 Å². The zero-order valence-corrected chi connectivity index (χ0v) is 6.98. The van der Waals surface area contributed by atoms with Gasteiger partial charge in [0.05, 0.1) is 0 Å². The van der Waals surface area contributed by atoms with Crippen LogP contribution in [0.5, 0.6) is 0 Å². The lowest BCUT2D eigenvalue weighted by molar-refractivity contribution is 0.734. The molecular weight excluding hydrogens is 155 g/mol. The SMILES string of the molecule is CC(C)[CH2][Al][Br]. The maximum Gasteiger partial charge on any atom is 0.317 e. The second kappa shape index (κ2) is 4.18. The van der Waals surface area contributed by atoms with Crippen molar-refractivity contribution in [2.24, 2.45) is 5.92 Å². The Morgan fingerprint density at radius 3 is 2.17 bits per heavy atom. The summed E-state index contributed by atoms with van der Waals surface area (Å²) in [6, 6.07) is 0. The highest BCUT2D eigenvalue weighted by atomic mass is 79.9. The Hall–Kier alpha value is 1.01.